The molecule has 0 aromatic rings. The van der Waals surface area contributed by atoms with Gasteiger partial charge in [-0.2, -0.15) is 0 Å². The highest BCUT2D eigenvalue weighted by atomic mass is 16.6. The fourth-order valence-corrected chi connectivity index (χ4v) is 0.496. The molecule has 1 unspecified atom stereocenters. The molecule has 8 heavy (non-hydrogen) atoms. The number of allylic oxidation sites excluding steroid dienone is 2. The van der Waals surface area contributed by atoms with Crippen molar-refractivity contribution in [1.29, 1.82) is 0 Å². The molecule has 1 aliphatic heterocycles. The van der Waals surface area contributed by atoms with E-state index in [1.807, 2.05) is 0 Å². The normalized spacial score (nSPS) is 34.8. The summed E-state index contributed by atoms with van der Waals surface area (Å²) < 4.78 is 4.75. The summed E-state index contributed by atoms with van der Waals surface area (Å²) in [4.78, 5) is 0. The average molecular weight is 112 g/mol. The van der Waals surface area contributed by atoms with Crippen LogP contribution in [0, 0.1) is 0 Å². The lowest BCUT2D eigenvalue weighted by Crippen LogP contribution is -2.23. The molecule has 2 nitrogen and oxygen atoms in total. The molecule has 44 valence electrons. The van der Waals surface area contributed by atoms with E-state index in [0.29, 0.717) is 0 Å². The topological polar surface area (TPSA) is 29.5 Å². The third kappa shape index (κ3) is 1.10. The van der Waals surface area contributed by atoms with Crippen LogP contribution in [-0.4, -0.2) is 10.9 Å². The fourth-order valence-electron chi connectivity index (χ4n) is 0.496. The summed E-state index contributed by atoms with van der Waals surface area (Å²) >= 11 is 0. The van der Waals surface area contributed by atoms with Crippen molar-refractivity contribution in [3.8, 4) is 0 Å². The van der Waals surface area contributed by atoms with Gasteiger partial charge in [0.25, 0.3) is 0 Å². The largest absolute Gasteiger partial charge is 0.467 e. The van der Waals surface area contributed by atoms with Gasteiger partial charge in [0.1, 0.15) is 0 Å². The molecule has 0 aromatic heterocycles. The van der Waals surface area contributed by atoms with E-state index < -0.39 is 5.79 Å². The van der Waals surface area contributed by atoms with Crippen molar-refractivity contribution < 1.29 is 9.84 Å². The average Bonchev–Trinajstić information content (AvgIpc) is 1.65. The van der Waals surface area contributed by atoms with Crippen molar-refractivity contribution in [2.75, 3.05) is 0 Å². The van der Waals surface area contributed by atoms with Crippen LogP contribution >= 0.6 is 0 Å². The SMILES string of the molecule is CC1(O)C=CC=CO1. The Morgan fingerprint density at radius 2 is 2.25 bits per heavy atom. The zero-order valence-corrected chi connectivity index (χ0v) is 4.66. The lowest BCUT2D eigenvalue weighted by Gasteiger charge is -2.19. The Morgan fingerprint density at radius 1 is 1.50 bits per heavy atom. The van der Waals surface area contributed by atoms with Gasteiger partial charge in [0.2, 0.25) is 5.79 Å². The Hall–Kier alpha value is -0.760. The summed E-state index contributed by atoms with van der Waals surface area (Å²) in [6, 6.07) is 0. The van der Waals surface area contributed by atoms with Crippen LogP contribution < -0.4 is 0 Å². The monoisotopic (exact) mass is 112 g/mol. The maximum Gasteiger partial charge on any atom is 0.224 e. The molecule has 1 heterocycles. The molecule has 2 heteroatoms. The number of hydrogen-bond donors (Lipinski definition) is 1. The first-order valence-electron chi connectivity index (χ1n) is 2.45. The van der Waals surface area contributed by atoms with Crippen LogP contribution in [0.3, 0.4) is 0 Å². The second-order valence-electron chi connectivity index (χ2n) is 1.86. The predicted octanol–water partition coefficient (Wildman–Crippen LogP) is 0.795. The Labute approximate surface area is 48.1 Å². The quantitative estimate of drug-likeness (QED) is 0.502. The molecule has 0 aliphatic carbocycles. The van der Waals surface area contributed by atoms with Gasteiger partial charge in [0, 0.05) is 6.92 Å². The maximum absolute atomic E-state index is 9.01. The standard InChI is InChI=1S/C6H8O2/c1-6(7)4-2-3-5-8-6/h2-5,7H,1H3. The van der Waals surface area contributed by atoms with Gasteiger partial charge in [-0.1, -0.05) is 6.08 Å². The summed E-state index contributed by atoms with van der Waals surface area (Å²) in [5.74, 6) is -1.09. The van der Waals surface area contributed by atoms with E-state index in [4.69, 9.17) is 9.84 Å². The lowest BCUT2D eigenvalue weighted by atomic mass is 10.2. The van der Waals surface area contributed by atoms with Crippen LogP contribution in [0.15, 0.2) is 24.5 Å². The first-order valence-corrected chi connectivity index (χ1v) is 2.45. The van der Waals surface area contributed by atoms with Gasteiger partial charge in [-0.25, -0.2) is 0 Å². The van der Waals surface area contributed by atoms with Gasteiger partial charge in [0.05, 0.1) is 6.26 Å². The Balaban J connectivity index is 2.65. The first kappa shape index (κ1) is 5.38. The fraction of sp³-hybridized carbons (Fsp3) is 0.333. The van der Waals surface area contributed by atoms with E-state index in [-0.39, 0.29) is 0 Å². The summed E-state index contributed by atoms with van der Waals surface area (Å²) in [6.45, 7) is 1.58. The number of hydrogen-bond acceptors (Lipinski definition) is 2. The Kier molecular flexibility index (Phi) is 1.10. The summed E-state index contributed by atoms with van der Waals surface area (Å²) in [5.41, 5.74) is 0. The van der Waals surface area contributed by atoms with Crippen molar-refractivity contribution in [1.82, 2.24) is 0 Å². The highest BCUT2D eigenvalue weighted by Crippen LogP contribution is 2.11. The van der Waals surface area contributed by atoms with Gasteiger partial charge < -0.3 is 9.84 Å². The smallest absolute Gasteiger partial charge is 0.224 e. The van der Waals surface area contributed by atoms with Gasteiger partial charge >= 0.3 is 0 Å². The van der Waals surface area contributed by atoms with Crippen molar-refractivity contribution >= 4 is 0 Å². The minimum absolute atomic E-state index is 1.09. The Morgan fingerprint density at radius 3 is 2.50 bits per heavy atom. The van der Waals surface area contributed by atoms with E-state index in [9.17, 15) is 0 Å². The second-order valence-corrected chi connectivity index (χ2v) is 1.86. The number of ether oxygens (including phenoxy) is 1. The van der Waals surface area contributed by atoms with E-state index >= 15 is 0 Å². The Bertz CT molecular complexity index is 133. The van der Waals surface area contributed by atoms with Crippen molar-refractivity contribution in [3.05, 3.63) is 24.5 Å². The molecule has 1 aliphatic rings. The summed E-state index contributed by atoms with van der Waals surface area (Å²) in [5, 5.41) is 9.01. The molecular formula is C6H8O2. The number of aliphatic hydroxyl groups is 1. The van der Waals surface area contributed by atoms with Crippen molar-refractivity contribution in [2.45, 2.75) is 12.7 Å². The third-order valence-electron chi connectivity index (χ3n) is 0.902. The zero-order chi connectivity index (χ0) is 6.04. The molecule has 1 atom stereocenters. The van der Waals surface area contributed by atoms with E-state index in [1.54, 1.807) is 25.2 Å². The summed E-state index contributed by atoms with van der Waals surface area (Å²) in [7, 11) is 0. The van der Waals surface area contributed by atoms with Gasteiger partial charge in [-0.05, 0) is 12.2 Å². The number of rotatable bonds is 0. The molecule has 1 rings (SSSR count). The maximum atomic E-state index is 9.01. The molecule has 0 aromatic carbocycles. The van der Waals surface area contributed by atoms with E-state index in [2.05, 4.69) is 0 Å². The van der Waals surface area contributed by atoms with Gasteiger partial charge in [-0.3, -0.25) is 0 Å². The minimum Gasteiger partial charge on any atom is -0.467 e. The van der Waals surface area contributed by atoms with Crippen LogP contribution in [0.25, 0.3) is 0 Å². The molecular weight excluding hydrogens is 104 g/mol. The molecule has 0 fully saturated rings. The van der Waals surface area contributed by atoms with E-state index in [1.165, 1.54) is 6.26 Å². The first-order chi connectivity index (χ1) is 3.71. The summed E-state index contributed by atoms with van der Waals surface area (Å²) in [6.07, 6.45) is 6.49. The zero-order valence-electron chi connectivity index (χ0n) is 4.66. The van der Waals surface area contributed by atoms with E-state index in [0.717, 1.165) is 0 Å². The molecule has 0 saturated carbocycles. The molecule has 0 radical (unpaired) electrons. The van der Waals surface area contributed by atoms with Crippen molar-refractivity contribution in [2.24, 2.45) is 0 Å². The van der Waals surface area contributed by atoms with Crippen LogP contribution in [-0.2, 0) is 4.74 Å². The van der Waals surface area contributed by atoms with Crippen LogP contribution in [0.4, 0.5) is 0 Å². The van der Waals surface area contributed by atoms with Gasteiger partial charge in [-0.15, -0.1) is 0 Å². The van der Waals surface area contributed by atoms with Crippen LogP contribution in [0.1, 0.15) is 6.92 Å². The van der Waals surface area contributed by atoms with Crippen molar-refractivity contribution in [3.63, 3.8) is 0 Å². The second kappa shape index (κ2) is 1.63. The predicted molar refractivity (Wildman–Crippen MR) is 30.0 cm³/mol. The molecule has 1 N–H and O–H groups in total. The lowest BCUT2D eigenvalue weighted by molar-refractivity contribution is -0.111. The highest BCUT2D eigenvalue weighted by molar-refractivity contribution is 5.08. The third-order valence-corrected chi connectivity index (χ3v) is 0.902. The van der Waals surface area contributed by atoms with Gasteiger partial charge in [0.15, 0.2) is 0 Å². The minimum atomic E-state index is -1.09. The van der Waals surface area contributed by atoms with Crippen LogP contribution in [0.2, 0.25) is 0 Å². The molecule has 0 amide bonds. The highest BCUT2D eigenvalue weighted by Gasteiger charge is 2.15. The van der Waals surface area contributed by atoms with Crippen LogP contribution in [0.5, 0.6) is 0 Å². The molecule has 0 saturated heterocycles. The molecule has 0 bridgehead atoms. The molecule has 0 spiro atoms.